The van der Waals surface area contributed by atoms with Crippen molar-refractivity contribution in [3.8, 4) is 22.7 Å². The van der Waals surface area contributed by atoms with Gasteiger partial charge in [0.2, 0.25) is 11.8 Å². The molecule has 0 unspecified atom stereocenters. The van der Waals surface area contributed by atoms with Crippen molar-refractivity contribution in [2.45, 2.75) is 11.7 Å². The minimum Gasteiger partial charge on any atom is -0.497 e. The minimum absolute atomic E-state index is 0.105. The molecule has 1 N–H and O–H groups in total. The summed E-state index contributed by atoms with van der Waals surface area (Å²) in [5.74, 6) is 1.20. The van der Waals surface area contributed by atoms with Gasteiger partial charge in [0.1, 0.15) is 18.1 Å². The molecule has 1 atom stereocenters. The summed E-state index contributed by atoms with van der Waals surface area (Å²) in [6.07, 6.45) is 0.694. The number of hydrogen-bond donors (Lipinski definition) is 1. The van der Waals surface area contributed by atoms with Crippen LogP contribution in [0.3, 0.4) is 0 Å². The molecule has 3 heterocycles. The fourth-order valence-corrected chi connectivity index (χ4v) is 6.52. The Labute approximate surface area is 235 Å². The van der Waals surface area contributed by atoms with Gasteiger partial charge >= 0.3 is 0 Å². The number of thiophene rings is 1. The van der Waals surface area contributed by atoms with Gasteiger partial charge in [-0.2, -0.15) is 16.4 Å². The third-order valence-electron chi connectivity index (χ3n) is 6.45. The number of aromatic nitrogens is 2. The second-order valence-electron chi connectivity index (χ2n) is 8.99. The monoisotopic (exact) mass is 562 g/mol. The van der Waals surface area contributed by atoms with Crippen LogP contribution in [-0.4, -0.2) is 61.3 Å². The molecule has 1 aliphatic rings. The predicted octanol–water partition coefficient (Wildman–Crippen LogP) is 4.93. The first-order valence-electron chi connectivity index (χ1n) is 12.6. The topological polar surface area (TPSA) is 85.7 Å². The molecule has 2 aromatic carbocycles. The third kappa shape index (κ3) is 5.88. The van der Waals surface area contributed by atoms with Crippen LogP contribution in [0.1, 0.15) is 22.8 Å². The summed E-state index contributed by atoms with van der Waals surface area (Å²) >= 11 is 3.19. The number of fused-ring (bicyclic) bond motifs is 1. The smallest absolute Gasteiger partial charge is 0.240 e. The van der Waals surface area contributed by atoms with E-state index in [2.05, 4.69) is 16.8 Å². The van der Waals surface area contributed by atoms with E-state index in [0.29, 0.717) is 25.4 Å². The van der Waals surface area contributed by atoms with Crippen molar-refractivity contribution in [2.75, 3.05) is 44.6 Å². The Morgan fingerprint density at radius 1 is 1.10 bits per heavy atom. The summed E-state index contributed by atoms with van der Waals surface area (Å²) in [6.45, 7) is 0.920. The lowest BCUT2D eigenvalue weighted by Crippen LogP contribution is -2.42. The Kier molecular flexibility index (Phi) is 8.65. The normalized spacial score (nSPS) is 15.1. The van der Waals surface area contributed by atoms with Crippen LogP contribution in [0.2, 0.25) is 0 Å². The summed E-state index contributed by atoms with van der Waals surface area (Å²) < 4.78 is 12.2. The Bertz CT molecular complexity index is 1410. The summed E-state index contributed by atoms with van der Waals surface area (Å²) in [5, 5.41) is 12.0. The highest BCUT2D eigenvalue weighted by atomic mass is 32.2. The van der Waals surface area contributed by atoms with Crippen molar-refractivity contribution in [3.63, 3.8) is 0 Å². The van der Waals surface area contributed by atoms with Gasteiger partial charge in [-0.25, -0.2) is 4.68 Å². The van der Waals surface area contributed by atoms with E-state index >= 15 is 0 Å². The maximum atomic E-state index is 13.7. The molecule has 2 amide bonds. The highest BCUT2D eigenvalue weighted by Crippen LogP contribution is 2.48. The molecule has 4 aromatic rings. The molecule has 5 rings (SSSR count). The molecule has 0 spiro atoms. The highest BCUT2D eigenvalue weighted by Gasteiger charge is 2.37. The number of thioether (sulfide) groups is 1. The van der Waals surface area contributed by atoms with Gasteiger partial charge in [-0.05, 0) is 53.1 Å². The second-order valence-corrected chi connectivity index (χ2v) is 10.9. The van der Waals surface area contributed by atoms with Gasteiger partial charge in [-0.3, -0.25) is 14.5 Å². The average molecular weight is 563 g/mol. The maximum absolute atomic E-state index is 13.7. The number of rotatable bonds is 10. The summed E-state index contributed by atoms with van der Waals surface area (Å²) in [6, 6.07) is 19.6. The quantitative estimate of drug-likeness (QED) is 0.276. The molecule has 10 heteroatoms. The Balaban J connectivity index is 1.68. The van der Waals surface area contributed by atoms with Crippen molar-refractivity contribution in [2.24, 2.45) is 0 Å². The first-order valence-corrected chi connectivity index (χ1v) is 14.6. The van der Waals surface area contributed by atoms with Gasteiger partial charge in [-0.15, -0.1) is 11.8 Å². The van der Waals surface area contributed by atoms with E-state index in [-0.39, 0.29) is 29.4 Å². The van der Waals surface area contributed by atoms with E-state index in [9.17, 15) is 9.59 Å². The zero-order valence-electron chi connectivity index (χ0n) is 21.8. The number of amides is 2. The molecular weight excluding hydrogens is 532 g/mol. The fourth-order valence-electron chi connectivity index (χ4n) is 4.56. The van der Waals surface area contributed by atoms with Crippen molar-refractivity contribution in [3.05, 3.63) is 82.6 Å². The predicted molar refractivity (Wildman–Crippen MR) is 156 cm³/mol. The fraction of sp³-hybridized carbons (Fsp3) is 0.276. The molecule has 202 valence electrons. The van der Waals surface area contributed by atoms with Crippen molar-refractivity contribution < 1.29 is 19.1 Å². The van der Waals surface area contributed by atoms with Crippen LogP contribution in [0.5, 0.6) is 5.75 Å². The van der Waals surface area contributed by atoms with E-state index in [0.717, 1.165) is 33.8 Å². The molecule has 0 bridgehead atoms. The molecule has 1 aliphatic heterocycles. The van der Waals surface area contributed by atoms with Gasteiger partial charge < -0.3 is 14.8 Å². The van der Waals surface area contributed by atoms with Gasteiger partial charge in [0.15, 0.2) is 0 Å². The lowest BCUT2D eigenvalue weighted by molar-refractivity contribution is -0.122. The van der Waals surface area contributed by atoms with Crippen LogP contribution in [0.25, 0.3) is 16.9 Å². The maximum Gasteiger partial charge on any atom is 0.240 e. The van der Waals surface area contributed by atoms with E-state index in [1.807, 2.05) is 60.0 Å². The van der Waals surface area contributed by atoms with Crippen LogP contribution in [-0.2, 0) is 14.3 Å². The number of anilines is 1. The molecule has 0 aliphatic carbocycles. The van der Waals surface area contributed by atoms with Gasteiger partial charge in [0.05, 0.1) is 29.5 Å². The average Bonchev–Trinajstić information content (AvgIpc) is 3.61. The molecule has 39 heavy (non-hydrogen) atoms. The van der Waals surface area contributed by atoms with Crippen LogP contribution >= 0.6 is 23.1 Å². The molecule has 0 saturated carbocycles. The number of benzene rings is 2. The SMILES string of the molecule is COCCCNC(=O)CN1C(=O)CS[C@H](c2ccsc2)c2c(-c3ccccc3)nn(-c3ccc(OC)cc3)c21. The second kappa shape index (κ2) is 12.5. The van der Waals surface area contributed by atoms with E-state index < -0.39 is 0 Å². The van der Waals surface area contributed by atoms with E-state index in [4.69, 9.17) is 14.6 Å². The molecule has 0 saturated heterocycles. The minimum atomic E-state index is -0.229. The number of methoxy groups -OCH3 is 2. The van der Waals surface area contributed by atoms with Crippen LogP contribution < -0.4 is 15.0 Å². The first kappa shape index (κ1) is 27.0. The van der Waals surface area contributed by atoms with Crippen LogP contribution in [0, 0.1) is 0 Å². The number of carbonyl (C=O) groups excluding carboxylic acids is 2. The molecular formula is C29H30N4O4S2. The van der Waals surface area contributed by atoms with E-state index in [1.165, 1.54) is 0 Å². The lowest BCUT2D eigenvalue weighted by Gasteiger charge is -2.23. The van der Waals surface area contributed by atoms with Crippen molar-refractivity contribution >= 4 is 40.7 Å². The number of nitrogens with zero attached hydrogens (tertiary/aromatic N) is 3. The van der Waals surface area contributed by atoms with Crippen molar-refractivity contribution in [1.29, 1.82) is 0 Å². The summed E-state index contributed by atoms with van der Waals surface area (Å²) in [5.41, 5.74) is 4.52. The molecule has 0 fully saturated rings. The summed E-state index contributed by atoms with van der Waals surface area (Å²) in [7, 11) is 3.25. The van der Waals surface area contributed by atoms with Crippen LogP contribution in [0.4, 0.5) is 5.82 Å². The number of hydrogen-bond acceptors (Lipinski definition) is 7. The molecule has 8 nitrogen and oxygen atoms in total. The Hall–Kier alpha value is -3.60. The number of ether oxygens (including phenoxy) is 2. The largest absolute Gasteiger partial charge is 0.497 e. The Morgan fingerprint density at radius 2 is 1.90 bits per heavy atom. The zero-order valence-corrected chi connectivity index (χ0v) is 23.5. The lowest BCUT2D eigenvalue weighted by atomic mass is 10.0. The molecule has 0 radical (unpaired) electrons. The Morgan fingerprint density at radius 3 is 2.59 bits per heavy atom. The molecule has 2 aromatic heterocycles. The summed E-state index contributed by atoms with van der Waals surface area (Å²) in [4.78, 5) is 28.3. The van der Waals surface area contributed by atoms with Gasteiger partial charge in [-0.1, -0.05) is 30.3 Å². The third-order valence-corrected chi connectivity index (χ3v) is 8.40. The van der Waals surface area contributed by atoms with Crippen LogP contribution in [0.15, 0.2) is 71.4 Å². The van der Waals surface area contributed by atoms with Crippen molar-refractivity contribution in [1.82, 2.24) is 15.1 Å². The number of carbonyl (C=O) groups is 2. The first-order chi connectivity index (χ1) is 19.1. The van der Waals surface area contributed by atoms with Gasteiger partial charge in [0, 0.05) is 31.4 Å². The highest BCUT2D eigenvalue weighted by molar-refractivity contribution is 8.00. The van der Waals surface area contributed by atoms with Gasteiger partial charge in [0.25, 0.3) is 0 Å². The zero-order chi connectivity index (χ0) is 27.2. The van der Waals surface area contributed by atoms with E-state index in [1.54, 1.807) is 46.9 Å². The standard InChI is InChI=1S/C29H30N4O4S2/c1-36-15-6-14-30-24(34)17-32-25(35)19-39-28(21-13-16-38-18-21)26-27(20-7-4-3-5-8-20)31-33(29(26)32)22-9-11-23(37-2)12-10-22/h3-5,7-13,16,18,28H,6,14-15,17,19H2,1-2H3,(H,30,34)/t28-/m1/s1. The number of nitrogens with one attached hydrogen (secondary N) is 1.